The summed E-state index contributed by atoms with van der Waals surface area (Å²) >= 11 is 6.40. The number of esters is 1. The molecule has 0 saturated carbocycles. The van der Waals surface area contributed by atoms with Crippen LogP contribution in [0.4, 0.5) is 0 Å². The molecule has 0 spiro atoms. The smallest absolute Gasteiger partial charge is 0.356 e. The van der Waals surface area contributed by atoms with E-state index >= 15 is 0 Å². The van der Waals surface area contributed by atoms with Gasteiger partial charge in [0.05, 0.1) is 23.8 Å². The van der Waals surface area contributed by atoms with E-state index < -0.39 is 5.97 Å². The summed E-state index contributed by atoms with van der Waals surface area (Å²) in [7, 11) is 0. The van der Waals surface area contributed by atoms with Crippen molar-refractivity contribution < 1.29 is 14.3 Å². The van der Waals surface area contributed by atoms with Crippen molar-refractivity contribution in [1.29, 1.82) is 0 Å². The summed E-state index contributed by atoms with van der Waals surface area (Å²) in [5, 5.41) is 1.24. The van der Waals surface area contributed by atoms with Crippen molar-refractivity contribution in [3.05, 3.63) is 34.5 Å². The van der Waals surface area contributed by atoms with Crippen LogP contribution in [0.15, 0.2) is 18.2 Å². The molecule has 0 fully saturated rings. The van der Waals surface area contributed by atoms with E-state index in [-0.39, 0.29) is 11.1 Å². The summed E-state index contributed by atoms with van der Waals surface area (Å²) in [5.41, 5.74) is 1.73. The standard InChI is InChI=1S/C18H22ClNO3/c1-6-22-11-8-12-14(19)10-15(17(21)23-7-2)20-16(12)13(9-11)18(3,4)5/h8-10H,6-7H2,1-5H3. The summed E-state index contributed by atoms with van der Waals surface area (Å²) in [6, 6.07) is 5.37. The van der Waals surface area contributed by atoms with Crippen LogP contribution in [0.5, 0.6) is 5.75 Å². The van der Waals surface area contributed by atoms with E-state index in [0.29, 0.717) is 23.8 Å². The number of hydrogen-bond donors (Lipinski definition) is 0. The van der Waals surface area contributed by atoms with E-state index in [1.165, 1.54) is 0 Å². The number of fused-ring (bicyclic) bond motifs is 1. The highest BCUT2D eigenvalue weighted by atomic mass is 35.5. The Morgan fingerprint density at radius 1 is 1.17 bits per heavy atom. The van der Waals surface area contributed by atoms with Crippen molar-refractivity contribution in [2.75, 3.05) is 13.2 Å². The lowest BCUT2D eigenvalue weighted by molar-refractivity contribution is 0.0520. The summed E-state index contributed by atoms with van der Waals surface area (Å²) in [5.74, 6) is 0.280. The summed E-state index contributed by atoms with van der Waals surface area (Å²) in [6.07, 6.45) is 0. The summed E-state index contributed by atoms with van der Waals surface area (Å²) < 4.78 is 10.7. The number of pyridine rings is 1. The minimum Gasteiger partial charge on any atom is -0.494 e. The molecule has 1 heterocycles. The van der Waals surface area contributed by atoms with Gasteiger partial charge < -0.3 is 9.47 Å². The maximum Gasteiger partial charge on any atom is 0.356 e. The fourth-order valence-corrected chi connectivity index (χ4v) is 2.64. The predicted molar refractivity (Wildman–Crippen MR) is 92.6 cm³/mol. The Labute approximate surface area is 141 Å². The number of nitrogens with zero attached hydrogens (tertiary/aromatic N) is 1. The monoisotopic (exact) mass is 335 g/mol. The number of carbonyl (C=O) groups is 1. The lowest BCUT2D eigenvalue weighted by Crippen LogP contribution is -2.14. The highest BCUT2D eigenvalue weighted by molar-refractivity contribution is 6.35. The molecule has 1 aromatic carbocycles. The molecule has 0 radical (unpaired) electrons. The number of benzene rings is 1. The quantitative estimate of drug-likeness (QED) is 0.756. The van der Waals surface area contributed by atoms with Crippen molar-refractivity contribution in [3.63, 3.8) is 0 Å². The van der Waals surface area contributed by atoms with E-state index in [2.05, 4.69) is 25.8 Å². The third-order valence-electron chi connectivity index (χ3n) is 3.44. The minimum absolute atomic E-state index is 0.172. The summed E-state index contributed by atoms with van der Waals surface area (Å²) in [6.45, 7) is 10.8. The molecule has 0 aliphatic rings. The topological polar surface area (TPSA) is 48.4 Å². The van der Waals surface area contributed by atoms with Crippen molar-refractivity contribution in [2.45, 2.75) is 40.0 Å². The average Bonchev–Trinajstić information content (AvgIpc) is 2.46. The van der Waals surface area contributed by atoms with Crippen LogP contribution in [0, 0.1) is 0 Å². The van der Waals surface area contributed by atoms with Crippen LogP contribution in [0.2, 0.25) is 5.02 Å². The zero-order chi connectivity index (χ0) is 17.2. The number of rotatable bonds is 4. The van der Waals surface area contributed by atoms with Crippen LogP contribution in [0.25, 0.3) is 10.9 Å². The first-order valence-corrected chi connectivity index (χ1v) is 8.10. The van der Waals surface area contributed by atoms with Gasteiger partial charge >= 0.3 is 5.97 Å². The van der Waals surface area contributed by atoms with E-state index in [0.717, 1.165) is 16.7 Å². The van der Waals surface area contributed by atoms with Gasteiger partial charge in [-0.05, 0) is 43.0 Å². The van der Waals surface area contributed by atoms with Crippen molar-refractivity contribution in [3.8, 4) is 5.75 Å². The molecule has 0 aliphatic heterocycles. The van der Waals surface area contributed by atoms with Gasteiger partial charge in [0.2, 0.25) is 0 Å². The van der Waals surface area contributed by atoms with E-state index in [1.807, 2.05) is 19.1 Å². The normalized spacial score (nSPS) is 11.6. The van der Waals surface area contributed by atoms with Gasteiger partial charge in [-0.3, -0.25) is 0 Å². The second-order valence-corrected chi connectivity index (χ2v) is 6.67. The molecule has 0 bridgehead atoms. The van der Waals surface area contributed by atoms with Crippen molar-refractivity contribution in [2.24, 2.45) is 0 Å². The van der Waals surface area contributed by atoms with Crippen molar-refractivity contribution >= 4 is 28.5 Å². The zero-order valence-electron chi connectivity index (χ0n) is 14.2. The molecule has 1 aromatic heterocycles. The third-order valence-corrected chi connectivity index (χ3v) is 3.75. The van der Waals surface area contributed by atoms with Gasteiger partial charge in [0, 0.05) is 5.39 Å². The van der Waals surface area contributed by atoms with E-state index in [4.69, 9.17) is 21.1 Å². The fourth-order valence-electron chi connectivity index (χ4n) is 2.39. The average molecular weight is 336 g/mol. The maximum absolute atomic E-state index is 12.0. The molecule has 0 N–H and O–H groups in total. The SMILES string of the molecule is CCOC(=O)c1cc(Cl)c2cc(OCC)cc(C(C)(C)C)c2n1. The second-order valence-electron chi connectivity index (χ2n) is 6.26. The molecule has 5 heteroatoms. The van der Waals surface area contributed by atoms with Gasteiger partial charge in [0.25, 0.3) is 0 Å². The van der Waals surface area contributed by atoms with Crippen LogP contribution < -0.4 is 4.74 Å². The zero-order valence-corrected chi connectivity index (χ0v) is 15.0. The molecular weight excluding hydrogens is 314 g/mol. The molecule has 0 unspecified atom stereocenters. The van der Waals surface area contributed by atoms with Gasteiger partial charge in [-0.25, -0.2) is 9.78 Å². The Morgan fingerprint density at radius 3 is 2.43 bits per heavy atom. The van der Waals surface area contributed by atoms with Crippen LogP contribution >= 0.6 is 11.6 Å². The Balaban J connectivity index is 2.74. The maximum atomic E-state index is 12.0. The number of ether oxygens (including phenoxy) is 2. The third kappa shape index (κ3) is 3.75. The number of hydrogen-bond acceptors (Lipinski definition) is 4. The first kappa shape index (κ1) is 17.5. The van der Waals surface area contributed by atoms with Crippen LogP contribution in [-0.4, -0.2) is 24.2 Å². The molecule has 23 heavy (non-hydrogen) atoms. The van der Waals surface area contributed by atoms with E-state index in [1.54, 1.807) is 13.0 Å². The lowest BCUT2D eigenvalue weighted by atomic mass is 9.85. The second kappa shape index (κ2) is 6.75. The first-order valence-electron chi connectivity index (χ1n) is 7.72. The Hall–Kier alpha value is -1.81. The predicted octanol–water partition coefficient (Wildman–Crippen LogP) is 4.76. The minimum atomic E-state index is -0.468. The number of aromatic nitrogens is 1. The largest absolute Gasteiger partial charge is 0.494 e. The molecule has 0 atom stereocenters. The fraction of sp³-hybridized carbons (Fsp3) is 0.444. The first-order chi connectivity index (χ1) is 10.8. The van der Waals surface area contributed by atoms with Crippen LogP contribution in [0.1, 0.15) is 50.7 Å². The Morgan fingerprint density at radius 2 is 1.87 bits per heavy atom. The molecular formula is C18H22ClNO3. The van der Waals surface area contributed by atoms with Crippen LogP contribution in [0.3, 0.4) is 0 Å². The Kier molecular flexibility index (Phi) is 5.15. The van der Waals surface area contributed by atoms with Gasteiger partial charge in [-0.1, -0.05) is 32.4 Å². The highest BCUT2D eigenvalue weighted by Crippen LogP contribution is 2.36. The number of carbonyl (C=O) groups excluding carboxylic acids is 1. The van der Waals surface area contributed by atoms with Crippen LogP contribution in [-0.2, 0) is 10.2 Å². The van der Waals surface area contributed by atoms with Gasteiger partial charge in [0.15, 0.2) is 5.69 Å². The number of halogens is 1. The van der Waals surface area contributed by atoms with Crippen molar-refractivity contribution in [1.82, 2.24) is 4.98 Å². The van der Waals surface area contributed by atoms with E-state index in [9.17, 15) is 4.79 Å². The highest BCUT2D eigenvalue weighted by Gasteiger charge is 2.22. The van der Waals surface area contributed by atoms with Gasteiger partial charge in [-0.15, -0.1) is 0 Å². The van der Waals surface area contributed by atoms with Gasteiger partial charge in [-0.2, -0.15) is 0 Å². The molecule has 124 valence electrons. The molecule has 2 aromatic rings. The lowest BCUT2D eigenvalue weighted by Gasteiger charge is -2.22. The Bertz CT molecular complexity index is 735. The molecule has 0 aliphatic carbocycles. The molecule has 2 rings (SSSR count). The summed E-state index contributed by atoms with van der Waals surface area (Å²) in [4.78, 5) is 16.5. The molecule has 0 amide bonds. The van der Waals surface area contributed by atoms with Gasteiger partial charge in [0.1, 0.15) is 5.75 Å². The molecule has 0 saturated heterocycles. The molecule has 4 nitrogen and oxygen atoms in total.